The van der Waals surface area contributed by atoms with Crippen molar-refractivity contribution in [3.05, 3.63) is 35.9 Å². The molecule has 0 amide bonds. The summed E-state index contributed by atoms with van der Waals surface area (Å²) in [5.41, 5.74) is 1.69. The van der Waals surface area contributed by atoms with Crippen LogP contribution < -0.4 is 5.32 Å². The summed E-state index contributed by atoms with van der Waals surface area (Å²) in [4.78, 5) is 0. The summed E-state index contributed by atoms with van der Waals surface area (Å²) in [6, 6.07) is 10.9. The Balaban J connectivity index is 2.51. The van der Waals surface area contributed by atoms with E-state index in [-0.39, 0.29) is 6.61 Å². The van der Waals surface area contributed by atoms with Gasteiger partial charge in [0, 0.05) is 12.6 Å². The van der Waals surface area contributed by atoms with Crippen LogP contribution in [0.25, 0.3) is 0 Å². The zero-order valence-electron chi connectivity index (χ0n) is 11.9. The van der Waals surface area contributed by atoms with Crippen molar-refractivity contribution in [3.63, 3.8) is 0 Å². The van der Waals surface area contributed by atoms with Gasteiger partial charge in [0.2, 0.25) is 0 Å². The van der Waals surface area contributed by atoms with Gasteiger partial charge in [-0.15, -0.1) is 0 Å². The molecule has 0 aliphatic heterocycles. The highest BCUT2D eigenvalue weighted by Gasteiger charge is 2.13. The van der Waals surface area contributed by atoms with Crippen LogP contribution in [0.3, 0.4) is 0 Å². The third-order valence-electron chi connectivity index (χ3n) is 3.12. The predicted molar refractivity (Wildman–Crippen MR) is 77.6 cm³/mol. The highest BCUT2D eigenvalue weighted by Crippen LogP contribution is 2.21. The first-order valence-corrected chi connectivity index (χ1v) is 6.92. The second-order valence-corrected chi connectivity index (χ2v) is 6.09. The van der Waals surface area contributed by atoms with Crippen LogP contribution in [0.1, 0.15) is 51.6 Å². The quantitative estimate of drug-likeness (QED) is 0.775. The molecule has 0 aliphatic carbocycles. The number of nitrogens with one attached hydrogen (secondary N) is 1. The lowest BCUT2D eigenvalue weighted by atomic mass is 9.92. The smallest absolute Gasteiger partial charge is 0.0431 e. The van der Waals surface area contributed by atoms with E-state index in [2.05, 4.69) is 50.4 Å². The molecule has 2 nitrogen and oxygen atoms in total. The van der Waals surface area contributed by atoms with Gasteiger partial charge in [-0.3, -0.25) is 0 Å². The molecule has 1 atom stereocenters. The van der Waals surface area contributed by atoms with Gasteiger partial charge in [-0.1, -0.05) is 51.1 Å². The Morgan fingerprint density at radius 1 is 1.17 bits per heavy atom. The SMILES string of the molecule is CC(C)(C)CCNC(CCCO)c1ccccc1. The van der Waals surface area contributed by atoms with E-state index in [1.165, 1.54) is 5.56 Å². The molecule has 2 N–H and O–H groups in total. The number of aliphatic hydroxyl groups is 1. The maximum atomic E-state index is 8.99. The molecule has 0 radical (unpaired) electrons. The van der Waals surface area contributed by atoms with Crippen LogP contribution in [0.15, 0.2) is 30.3 Å². The summed E-state index contributed by atoms with van der Waals surface area (Å²) in [6.45, 7) is 8.08. The molecular weight excluding hydrogens is 222 g/mol. The number of benzene rings is 1. The molecule has 0 aromatic heterocycles. The van der Waals surface area contributed by atoms with E-state index in [1.807, 2.05) is 6.07 Å². The summed E-state index contributed by atoms with van der Waals surface area (Å²) in [5.74, 6) is 0. The maximum absolute atomic E-state index is 8.99. The minimum absolute atomic E-state index is 0.268. The van der Waals surface area contributed by atoms with Gasteiger partial charge in [-0.25, -0.2) is 0 Å². The summed E-state index contributed by atoms with van der Waals surface area (Å²) in [5, 5.41) is 12.6. The van der Waals surface area contributed by atoms with Crippen molar-refractivity contribution in [2.75, 3.05) is 13.2 Å². The summed E-state index contributed by atoms with van der Waals surface area (Å²) in [7, 11) is 0. The van der Waals surface area contributed by atoms with Crippen LogP contribution in [0.2, 0.25) is 0 Å². The fourth-order valence-electron chi connectivity index (χ4n) is 1.99. The minimum Gasteiger partial charge on any atom is -0.396 e. The Morgan fingerprint density at radius 3 is 2.39 bits per heavy atom. The van der Waals surface area contributed by atoms with Crippen LogP contribution in [0, 0.1) is 5.41 Å². The number of hydrogen-bond acceptors (Lipinski definition) is 2. The molecule has 102 valence electrons. The maximum Gasteiger partial charge on any atom is 0.0431 e. The van der Waals surface area contributed by atoms with Gasteiger partial charge in [0.05, 0.1) is 0 Å². The second kappa shape index (κ2) is 7.55. The topological polar surface area (TPSA) is 32.3 Å². The molecule has 2 heteroatoms. The molecule has 0 fully saturated rings. The van der Waals surface area contributed by atoms with Gasteiger partial charge >= 0.3 is 0 Å². The largest absolute Gasteiger partial charge is 0.396 e. The molecule has 0 spiro atoms. The molecule has 0 bridgehead atoms. The van der Waals surface area contributed by atoms with Crippen LogP contribution >= 0.6 is 0 Å². The minimum atomic E-state index is 0.268. The van der Waals surface area contributed by atoms with Crippen molar-refractivity contribution in [1.29, 1.82) is 0 Å². The van der Waals surface area contributed by atoms with E-state index in [9.17, 15) is 0 Å². The molecule has 0 saturated carbocycles. The third-order valence-corrected chi connectivity index (χ3v) is 3.12. The van der Waals surface area contributed by atoms with Crippen molar-refractivity contribution in [1.82, 2.24) is 5.32 Å². The van der Waals surface area contributed by atoms with Crippen molar-refractivity contribution < 1.29 is 5.11 Å². The predicted octanol–water partition coefficient (Wildman–Crippen LogP) is 3.53. The van der Waals surface area contributed by atoms with Crippen molar-refractivity contribution >= 4 is 0 Å². The first-order valence-electron chi connectivity index (χ1n) is 6.92. The first kappa shape index (κ1) is 15.2. The van der Waals surface area contributed by atoms with E-state index in [4.69, 9.17) is 5.11 Å². The molecule has 18 heavy (non-hydrogen) atoms. The van der Waals surface area contributed by atoms with E-state index in [0.29, 0.717) is 11.5 Å². The Labute approximate surface area is 111 Å². The second-order valence-electron chi connectivity index (χ2n) is 6.09. The fraction of sp³-hybridized carbons (Fsp3) is 0.625. The number of aliphatic hydroxyl groups excluding tert-OH is 1. The average Bonchev–Trinajstić information content (AvgIpc) is 2.33. The van der Waals surface area contributed by atoms with Crippen LogP contribution in [-0.4, -0.2) is 18.3 Å². The monoisotopic (exact) mass is 249 g/mol. The lowest BCUT2D eigenvalue weighted by Crippen LogP contribution is -2.25. The summed E-state index contributed by atoms with van der Waals surface area (Å²) < 4.78 is 0. The molecule has 0 aliphatic rings. The zero-order chi connectivity index (χ0) is 13.4. The van der Waals surface area contributed by atoms with Gasteiger partial charge in [0.1, 0.15) is 0 Å². The van der Waals surface area contributed by atoms with Crippen molar-refractivity contribution in [2.45, 2.75) is 46.1 Å². The summed E-state index contributed by atoms with van der Waals surface area (Å²) in [6.07, 6.45) is 3.00. The fourth-order valence-corrected chi connectivity index (χ4v) is 1.99. The molecule has 1 aromatic carbocycles. The van der Waals surface area contributed by atoms with Gasteiger partial charge in [0.15, 0.2) is 0 Å². The lowest BCUT2D eigenvalue weighted by molar-refractivity contribution is 0.272. The average molecular weight is 249 g/mol. The lowest BCUT2D eigenvalue weighted by Gasteiger charge is -2.23. The van der Waals surface area contributed by atoms with E-state index in [0.717, 1.165) is 25.8 Å². The van der Waals surface area contributed by atoms with Gasteiger partial charge in [-0.2, -0.15) is 0 Å². The van der Waals surface area contributed by atoms with Gasteiger partial charge in [-0.05, 0) is 36.8 Å². The third kappa shape index (κ3) is 6.18. The van der Waals surface area contributed by atoms with E-state index >= 15 is 0 Å². The number of rotatable bonds is 7. The van der Waals surface area contributed by atoms with Crippen molar-refractivity contribution in [2.24, 2.45) is 5.41 Å². The first-order chi connectivity index (χ1) is 8.53. The Morgan fingerprint density at radius 2 is 1.83 bits per heavy atom. The van der Waals surface area contributed by atoms with Crippen LogP contribution in [0.4, 0.5) is 0 Å². The van der Waals surface area contributed by atoms with Crippen molar-refractivity contribution in [3.8, 4) is 0 Å². The highest BCUT2D eigenvalue weighted by atomic mass is 16.2. The molecule has 1 unspecified atom stereocenters. The normalized spacial score (nSPS) is 13.6. The van der Waals surface area contributed by atoms with E-state index < -0.39 is 0 Å². The molecule has 0 saturated heterocycles. The Kier molecular flexibility index (Phi) is 6.37. The zero-order valence-corrected chi connectivity index (χ0v) is 11.9. The molecular formula is C16H27NO. The molecule has 1 aromatic rings. The molecule has 1 rings (SSSR count). The molecule has 0 heterocycles. The Bertz CT molecular complexity index is 316. The Hall–Kier alpha value is -0.860. The number of hydrogen-bond donors (Lipinski definition) is 2. The van der Waals surface area contributed by atoms with Gasteiger partial charge in [0.25, 0.3) is 0 Å². The van der Waals surface area contributed by atoms with Crippen LogP contribution in [-0.2, 0) is 0 Å². The highest BCUT2D eigenvalue weighted by molar-refractivity contribution is 5.18. The summed E-state index contributed by atoms with van der Waals surface area (Å²) >= 11 is 0. The van der Waals surface area contributed by atoms with Crippen LogP contribution in [0.5, 0.6) is 0 Å². The van der Waals surface area contributed by atoms with Gasteiger partial charge < -0.3 is 10.4 Å². The van der Waals surface area contributed by atoms with E-state index in [1.54, 1.807) is 0 Å². The standard InChI is InChI=1S/C16H27NO/c1-16(2,3)11-12-17-15(10-7-13-18)14-8-5-4-6-9-14/h4-6,8-9,15,17-18H,7,10-13H2,1-3H3.